The molecule has 4 aromatic rings. The number of hydrogen-bond donors (Lipinski definition) is 2. The topological polar surface area (TPSA) is 155 Å². The van der Waals surface area contributed by atoms with Gasteiger partial charge in [0.1, 0.15) is 17.8 Å². The third-order valence-electron chi connectivity index (χ3n) is 6.54. The van der Waals surface area contributed by atoms with Crippen molar-refractivity contribution in [2.75, 3.05) is 26.0 Å². The van der Waals surface area contributed by atoms with E-state index in [2.05, 4.69) is 31.5 Å². The van der Waals surface area contributed by atoms with E-state index in [1.54, 1.807) is 18.3 Å². The highest BCUT2D eigenvalue weighted by molar-refractivity contribution is 6.04. The van der Waals surface area contributed by atoms with E-state index in [4.69, 9.17) is 4.52 Å². The molecule has 2 atom stereocenters. The van der Waals surface area contributed by atoms with E-state index in [9.17, 15) is 20.0 Å². The van der Waals surface area contributed by atoms with Crippen LogP contribution in [0.3, 0.4) is 0 Å². The molecule has 12 nitrogen and oxygen atoms in total. The molecule has 202 valence electrons. The number of hydrogen-bond acceptors (Lipinski definition) is 9. The fourth-order valence-electron chi connectivity index (χ4n) is 4.60. The molecule has 0 unspecified atom stereocenters. The lowest BCUT2D eigenvalue weighted by Gasteiger charge is -2.26. The molecule has 0 fully saturated rings. The van der Waals surface area contributed by atoms with Crippen molar-refractivity contribution in [2.45, 2.75) is 31.7 Å². The van der Waals surface area contributed by atoms with E-state index in [0.717, 1.165) is 24.1 Å². The van der Waals surface area contributed by atoms with Gasteiger partial charge in [-0.05, 0) is 44.3 Å². The van der Waals surface area contributed by atoms with Gasteiger partial charge in [-0.25, -0.2) is 4.98 Å². The average Bonchev–Trinajstić information content (AvgIpc) is 3.60. The normalized spacial score (nSPS) is 12.7. The summed E-state index contributed by atoms with van der Waals surface area (Å²) in [7, 11) is 5.52. The van der Waals surface area contributed by atoms with Crippen LogP contribution in [0.2, 0.25) is 0 Å². The third kappa shape index (κ3) is 5.89. The minimum atomic E-state index is -0.787. The van der Waals surface area contributed by atoms with Gasteiger partial charge in [-0.3, -0.25) is 18.8 Å². The monoisotopic (exact) mass is 530 g/mol. The Hall–Kier alpha value is -4.76. The fourth-order valence-corrected chi connectivity index (χ4v) is 4.60. The smallest absolute Gasteiger partial charge is 0.296 e. The van der Waals surface area contributed by atoms with Crippen LogP contribution in [0.4, 0.5) is 5.69 Å². The van der Waals surface area contributed by atoms with E-state index in [1.807, 2.05) is 44.0 Å². The van der Waals surface area contributed by atoms with Gasteiger partial charge in [-0.15, -0.1) is 0 Å². The molecule has 1 aromatic carbocycles. The predicted octanol–water partition coefficient (Wildman–Crippen LogP) is 2.68. The largest absolute Gasteiger partial charge is 0.501 e. The third-order valence-corrected chi connectivity index (χ3v) is 6.54. The van der Waals surface area contributed by atoms with Crippen molar-refractivity contribution < 1.29 is 14.4 Å². The minimum absolute atomic E-state index is 0.249. The number of nitriles is 1. The molecule has 3 heterocycles. The Morgan fingerprint density at radius 1 is 1.28 bits per heavy atom. The number of aromatic nitrogens is 5. The molecule has 0 radical (unpaired) electrons. The predicted molar refractivity (Wildman–Crippen MR) is 142 cm³/mol. The maximum absolute atomic E-state index is 13.0. The summed E-state index contributed by atoms with van der Waals surface area (Å²) in [5.74, 6) is -2.24. The van der Waals surface area contributed by atoms with E-state index >= 15 is 0 Å². The molecule has 0 bridgehead atoms. The van der Waals surface area contributed by atoms with Gasteiger partial charge in [-0.2, -0.15) is 10.4 Å². The number of nitrogens with one attached hydrogen (secondary N) is 1. The van der Waals surface area contributed by atoms with Crippen LogP contribution in [0, 0.1) is 11.3 Å². The molecule has 0 spiro atoms. The van der Waals surface area contributed by atoms with Gasteiger partial charge in [-0.1, -0.05) is 30.3 Å². The molecule has 12 heteroatoms. The Morgan fingerprint density at radius 2 is 2.05 bits per heavy atom. The summed E-state index contributed by atoms with van der Waals surface area (Å²) < 4.78 is 7.80. The summed E-state index contributed by atoms with van der Waals surface area (Å²) >= 11 is 0. The van der Waals surface area contributed by atoms with Gasteiger partial charge in [0, 0.05) is 31.6 Å². The summed E-state index contributed by atoms with van der Waals surface area (Å²) in [5, 5.41) is 31.0. The SMILES string of the molecule is C[C@@H](c1nc(C(=O)Nc2cnoc2)c(O)c(=O)n1C)[C@@H](c1cnn(CCCN(C)C)c1)c1ccccc1C#N. The zero-order valence-corrected chi connectivity index (χ0v) is 22.2. The zero-order valence-electron chi connectivity index (χ0n) is 22.2. The molecule has 0 aliphatic rings. The van der Waals surface area contributed by atoms with Crippen LogP contribution in [0.5, 0.6) is 5.75 Å². The molecule has 3 aromatic heterocycles. The Labute approximate surface area is 225 Å². The number of anilines is 1. The fraction of sp³-hybridized carbons (Fsp3) is 0.333. The highest BCUT2D eigenvalue weighted by Crippen LogP contribution is 2.39. The maximum Gasteiger partial charge on any atom is 0.296 e. The van der Waals surface area contributed by atoms with Crippen molar-refractivity contribution in [3.05, 3.63) is 87.7 Å². The van der Waals surface area contributed by atoms with Crippen molar-refractivity contribution in [3.63, 3.8) is 0 Å². The van der Waals surface area contributed by atoms with Crippen molar-refractivity contribution >= 4 is 11.6 Å². The zero-order chi connectivity index (χ0) is 28.1. The van der Waals surface area contributed by atoms with E-state index < -0.39 is 34.7 Å². The van der Waals surface area contributed by atoms with E-state index in [0.29, 0.717) is 12.1 Å². The molecule has 0 aliphatic carbocycles. The number of aromatic hydroxyl groups is 1. The van der Waals surface area contributed by atoms with Crippen molar-refractivity contribution in [1.82, 2.24) is 29.4 Å². The quantitative estimate of drug-likeness (QED) is 0.315. The Kier molecular flexibility index (Phi) is 8.21. The average molecular weight is 531 g/mol. The van der Waals surface area contributed by atoms with E-state index in [1.165, 1.54) is 24.1 Å². The summed E-state index contributed by atoms with van der Waals surface area (Å²) in [5.41, 5.74) is 1.09. The molecule has 39 heavy (non-hydrogen) atoms. The van der Waals surface area contributed by atoms with Gasteiger partial charge in [0.05, 0.1) is 24.0 Å². The van der Waals surface area contributed by atoms with Crippen LogP contribution in [0.1, 0.15) is 58.2 Å². The molecule has 0 aliphatic heterocycles. The van der Waals surface area contributed by atoms with E-state index in [-0.39, 0.29) is 11.5 Å². The number of carbonyl (C=O) groups excluding carboxylic acids is 1. The van der Waals surface area contributed by atoms with Gasteiger partial charge in [0.15, 0.2) is 5.69 Å². The summed E-state index contributed by atoms with van der Waals surface area (Å²) in [6.07, 6.45) is 7.09. The van der Waals surface area contributed by atoms with Crippen LogP contribution in [0.15, 0.2) is 58.4 Å². The maximum atomic E-state index is 13.0. The molecule has 2 N–H and O–H groups in total. The van der Waals surface area contributed by atoms with Crippen LogP contribution in [-0.4, -0.2) is 61.0 Å². The van der Waals surface area contributed by atoms with Crippen molar-refractivity contribution in [1.29, 1.82) is 5.26 Å². The lowest BCUT2D eigenvalue weighted by atomic mass is 9.80. The molecule has 4 rings (SSSR count). The molecule has 0 saturated heterocycles. The lowest BCUT2D eigenvalue weighted by molar-refractivity contribution is 0.101. The van der Waals surface area contributed by atoms with Crippen molar-refractivity contribution in [2.24, 2.45) is 7.05 Å². The minimum Gasteiger partial charge on any atom is -0.501 e. The van der Waals surface area contributed by atoms with Gasteiger partial charge in [0.25, 0.3) is 11.5 Å². The first-order chi connectivity index (χ1) is 18.7. The Morgan fingerprint density at radius 3 is 2.74 bits per heavy atom. The highest BCUT2D eigenvalue weighted by Gasteiger charge is 2.31. The van der Waals surface area contributed by atoms with Gasteiger partial charge in [0.2, 0.25) is 5.75 Å². The van der Waals surface area contributed by atoms with Crippen LogP contribution in [0.25, 0.3) is 0 Å². The first-order valence-corrected chi connectivity index (χ1v) is 12.4. The highest BCUT2D eigenvalue weighted by atomic mass is 16.5. The first-order valence-electron chi connectivity index (χ1n) is 12.4. The summed E-state index contributed by atoms with van der Waals surface area (Å²) in [6, 6.07) is 9.48. The molecular weight excluding hydrogens is 500 g/mol. The number of rotatable bonds is 10. The van der Waals surface area contributed by atoms with Gasteiger partial charge < -0.3 is 19.8 Å². The van der Waals surface area contributed by atoms with Crippen LogP contribution >= 0.6 is 0 Å². The summed E-state index contributed by atoms with van der Waals surface area (Å²) in [6.45, 7) is 3.48. The van der Waals surface area contributed by atoms with Crippen molar-refractivity contribution in [3.8, 4) is 11.8 Å². The number of nitrogens with zero attached hydrogens (tertiary/aromatic N) is 7. The second-order valence-corrected chi connectivity index (χ2v) is 9.56. The molecular formula is C27H30N8O4. The Balaban J connectivity index is 1.78. The molecule has 1 amide bonds. The van der Waals surface area contributed by atoms with Crippen LogP contribution < -0.4 is 10.9 Å². The first kappa shape index (κ1) is 27.3. The second kappa shape index (κ2) is 11.7. The Bertz CT molecular complexity index is 1550. The van der Waals surface area contributed by atoms with Crippen LogP contribution in [-0.2, 0) is 13.6 Å². The number of benzene rings is 1. The number of amides is 1. The summed E-state index contributed by atoms with van der Waals surface area (Å²) in [4.78, 5) is 32.5. The second-order valence-electron chi connectivity index (χ2n) is 9.56. The molecule has 0 saturated carbocycles. The standard InChI is InChI=1S/C27H30N8O4/c1-17(25-32-23(24(36)27(38)34(25)4)26(37)31-20-14-30-39-16-20)22(21-9-6-5-8-18(21)12-28)19-13-29-35(15-19)11-7-10-33(2)3/h5-6,8-9,13-17,22,36H,7,10-11H2,1-4H3,(H,31,37)/t17-,22+/m1/s1. The lowest BCUT2D eigenvalue weighted by Crippen LogP contribution is -2.29. The number of carbonyl (C=O) groups is 1. The number of aryl methyl sites for hydroxylation is 1. The van der Waals surface area contributed by atoms with Gasteiger partial charge >= 0.3 is 0 Å².